The zero-order chi connectivity index (χ0) is 10.4. The first-order valence-corrected chi connectivity index (χ1v) is 5.05. The molecule has 2 heteroatoms. The number of ether oxygens (including phenoxy) is 1. The van der Waals surface area contributed by atoms with Crippen molar-refractivity contribution in [2.45, 2.75) is 25.8 Å². The monoisotopic (exact) mass is 193 g/mol. The zero-order valence-electron chi connectivity index (χ0n) is 8.99. The van der Waals surface area contributed by atoms with Crippen molar-refractivity contribution in [1.82, 2.24) is 0 Å². The maximum Gasteiger partial charge on any atom is 0.0462 e. The third-order valence-electron chi connectivity index (χ3n) is 2.33. The highest BCUT2D eigenvalue weighted by Gasteiger charge is 2.04. The number of nitrogens with two attached hydrogens (primary N) is 1. The molecule has 0 heterocycles. The molecule has 1 rings (SSSR count). The molecule has 0 aromatic heterocycles. The summed E-state index contributed by atoms with van der Waals surface area (Å²) in [5.41, 5.74) is 8.54. The molecular formula is C12H19NO. The van der Waals surface area contributed by atoms with Crippen molar-refractivity contribution >= 4 is 0 Å². The molecule has 0 saturated carbocycles. The summed E-state index contributed by atoms with van der Waals surface area (Å²) in [6, 6.07) is 8.53. The van der Waals surface area contributed by atoms with Crippen molar-refractivity contribution in [3.63, 3.8) is 0 Å². The normalized spacial score (nSPS) is 12.8. The predicted molar refractivity (Wildman–Crippen MR) is 59.2 cm³/mol. The lowest BCUT2D eigenvalue weighted by atomic mass is 10.0. The molecule has 0 amide bonds. The molecule has 0 aliphatic rings. The Morgan fingerprint density at radius 1 is 1.43 bits per heavy atom. The van der Waals surface area contributed by atoms with E-state index in [0.717, 1.165) is 19.4 Å². The number of hydrogen-bond donors (Lipinski definition) is 1. The van der Waals surface area contributed by atoms with Crippen LogP contribution in [-0.4, -0.2) is 13.7 Å². The van der Waals surface area contributed by atoms with Gasteiger partial charge in [0.25, 0.3) is 0 Å². The number of methoxy groups -OCH3 is 1. The Labute approximate surface area is 86.1 Å². The molecule has 0 radical (unpaired) electrons. The highest BCUT2D eigenvalue weighted by Crippen LogP contribution is 2.16. The fourth-order valence-corrected chi connectivity index (χ4v) is 1.52. The van der Waals surface area contributed by atoms with Crippen molar-refractivity contribution in [2.24, 2.45) is 5.73 Å². The minimum atomic E-state index is 0.144. The van der Waals surface area contributed by atoms with Gasteiger partial charge in [-0.25, -0.2) is 0 Å². The van der Waals surface area contributed by atoms with Gasteiger partial charge < -0.3 is 10.5 Å². The largest absolute Gasteiger partial charge is 0.385 e. The minimum absolute atomic E-state index is 0.144. The van der Waals surface area contributed by atoms with Gasteiger partial charge in [0, 0.05) is 19.8 Å². The molecule has 0 saturated heterocycles. The molecule has 0 spiro atoms. The van der Waals surface area contributed by atoms with Gasteiger partial charge in [0.2, 0.25) is 0 Å². The molecule has 0 aliphatic carbocycles. The van der Waals surface area contributed by atoms with E-state index in [1.165, 1.54) is 11.1 Å². The summed E-state index contributed by atoms with van der Waals surface area (Å²) in [7, 11) is 1.72. The summed E-state index contributed by atoms with van der Waals surface area (Å²) in [6.45, 7) is 2.88. The van der Waals surface area contributed by atoms with Gasteiger partial charge in [-0.2, -0.15) is 0 Å². The highest BCUT2D eigenvalue weighted by atomic mass is 16.5. The molecule has 14 heavy (non-hydrogen) atoms. The SMILES string of the molecule is COCCCC(N)c1cccc(C)c1. The van der Waals surface area contributed by atoms with Crippen LogP contribution in [0.15, 0.2) is 24.3 Å². The summed E-state index contributed by atoms with van der Waals surface area (Å²) in [5, 5.41) is 0. The van der Waals surface area contributed by atoms with E-state index in [9.17, 15) is 0 Å². The van der Waals surface area contributed by atoms with Crippen LogP contribution in [0, 0.1) is 6.92 Å². The van der Waals surface area contributed by atoms with Gasteiger partial charge in [0.15, 0.2) is 0 Å². The van der Waals surface area contributed by atoms with E-state index in [1.807, 2.05) is 0 Å². The summed E-state index contributed by atoms with van der Waals surface area (Å²) in [4.78, 5) is 0. The van der Waals surface area contributed by atoms with Crippen LogP contribution in [0.4, 0.5) is 0 Å². The van der Waals surface area contributed by atoms with Gasteiger partial charge in [-0.3, -0.25) is 0 Å². The predicted octanol–water partition coefficient (Wildman–Crippen LogP) is 2.42. The van der Waals surface area contributed by atoms with E-state index in [-0.39, 0.29) is 6.04 Å². The second-order valence-electron chi connectivity index (χ2n) is 3.66. The first-order valence-electron chi connectivity index (χ1n) is 5.05. The summed E-state index contributed by atoms with van der Waals surface area (Å²) < 4.78 is 5.00. The van der Waals surface area contributed by atoms with Crippen molar-refractivity contribution < 1.29 is 4.74 Å². The minimum Gasteiger partial charge on any atom is -0.385 e. The molecule has 1 atom stereocenters. The molecule has 1 aromatic carbocycles. The zero-order valence-corrected chi connectivity index (χ0v) is 8.99. The second kappa shape index (κ2) is 5.78. The summed E-state index contributed by atoms with van der Waals surface area (Å²) in [5.74, 6) is 0. The molecule has 0 fully saturated rings. The van der Waals surface area contributed by atoms with Gasteiger partial charge in [0.1, 0.15) is 0 Å². The number of hydrogen-bond acceptors (Lipinski definition) is 2. The van der Waals surface area contributed by atoms with E-state index in [0.29, 0.717) is 0 Å². The Hall–Kier alpha value is -0.860. The van der Waals surface area contributed by atoms with E-state index in [4.69, 9.17) is 10.5 Å². The standard InChI is InChI=1S/C12H19NO/c1-10-5-3-6-11(9-10)12(13)7-4-8-14-2/h3,5-6,9,12H,4,7-8,13H2,1-2H3. The molecule has 0 aliphatic heterocycles. The van der Waals surface area contributed by atoms with Crippen LogP contribution in [0.1, 0.15) is 30.0 Å². The molecule has 2 N–H and O–H groups in total. The lowest BCUT2D eigenvalue weighted by molar-refractivity contribution is 0.190. The topological polar surface area (TPSA) is 35.2 Å². The number of aryl methyl sites for hydroxylation is 1. The molecular weight excluding hydrogens is 174 g/mol. The first kappa shape index (κ1) is 11.2. The van der Waals surface area contributed by atoms with Crippen molar-refractivity contribution in [1.29, 1.82) is 0 Å². The van der Waals surface area contributed by atoms with E-state index in [2.05, 4.69) is 31.2 Å². The smallest absolute Gasteiger partial charge is 0.0462 e. The Bertz CT molecular complexity index is 273. The fraction of sp³-hybridized carbons (Fsp3) is 0.500. The summed E-state index contributed by atoms with van der Waals surface area (Å²) in [6.07, 6.45) is 2.00. The van der Waals surface area contributed by atoms with Gasteiger partial charge >= 0.3 is 0 Å². The third-order valence-corrected chi connectivity index (χ3v) is 2.33. The Balaban J connectivity index is 2.47. The number of rotatable bonds is 5. The van der Waals surface area contributed by atoms with Crippen molar-refractivity contribution in [3.8, 4) is 0 Å². The molecule has 1 unspecified atom stereocenters. The van der Waals surface area contributed by atoms with Gasteiger partial charge in [-0.05, 0) is 25.3 Å². The lowest BCUT2D eigenvalue weighted by Gasteiger charge is -2.12. The van der Waals surface area contributed by atoms with Crippen LogP contribution in [0.3, 0.4) is 0 Å². The van der Waals surface area contributed by atoms with Crippen LogP contribution < -0.4 is 5.73 Å². The Morgan fingerprint density at radius 2 is 2.21 bits per heavy atom. The lowest BCUT2D eigenvalue weighted by Crippen LogP contribution is -2.11. The molecule has 78 valence electrons. The number of benzene rings is 1. The van der Waals surface area contributed by atoms with Crippen LogP contribution in [0.5, 0.6) is 0 Å². The van der Waals surface area contributed by atoms with Crippen molar-refractivity contribution in [2.75, 3.05) is 13.7 Å². The molecule has 1 aromatic rings. The van der Waals surface area contributed by atoms with E-state index < -0.39 is 0 Å². The quantitative estimate of drug-likeness (QED) is 0.729. The van der Waals surface area contributed by atoms with Crippen LogP contribution in [-0.2, 0) is 4.74 Å². The molecule has 0 bridgehead atoms. The average Bonchev–Trinajstić information content (AvgIpc) is 2.18. The first-order chi connectivity index (χ1) is 6.74. The maximum absolute atomic E-state index is 6.05. The van der Waals surface area contributed by atoms with E-state index in [1.54, 1.807) is 7.11 Å². The van der Waals surface area contributed by atoms with E-state index >= 15 is 0 Å². The second-order valence-corrected chi connectivity index (χ2v) is 3.66. The fourth-order valence-electron chi connectivity index (χ4n) is 1.52. The average molecular weight is 193 g/mol. The van der Waals surface area contributed by atoms with Crippen LogP contribution in [0.2, 0.25) is 0 Å². The summed E-state index contributed by atoms with van der Waals surface area (Å²) >= 11 is 0. The van der Waals surface area contributed by atoms with Gasteiger partial charge in [-0.15, -0.1) is 0 Å². The Morgan fingerprint density at radius 3 is 2.86 bits per heavy atom. The Kier molecular flexibility index (Phi) is 4.63. The highest BCUT2D eigenvalue weighted by molar-refractivity contribution is 5.24. The van der Waals surface area contributed by atoms with Gasteiger partial charge in [-0.1, -0.05) is 29.8 Å². The molecule has 2 nitrogen and oxygen atoms in total. The van der Waals surface area contributed by atoms with Gasteiger partial charge in [0.05, 0.1) is 0 Å². The van der Waals surface area contributed by atoms with Crippen LogP contribution >= 0.6 is 0 Å². The maximum atomic E-state index is 6.05. The van der Waals surface area contributed by atoms with Crippen LogP contribution in [0.25, 0.3) is 0 Å². The van der Waals surface area contributed by atoms with Crippen molar-refractivity contribution in [3.05, 3.63) is 35.4 Å². The third kappa shape index (κ3) is 3.48.